The largest absolute Gasteiger partial charge is 0.465 e. The van der Waals surface area contributed by atoms with Crippen LogP contribution in [0.15, 0.2) is 10.5 Å². The van der Waals surface area contributed by atoms with Gasteiger partial charge in [-0.15, -0.1) is 0 Å². The van der Waals surface area contributed by atoms with Crippen LogP contribution in [0, 0.1) is 0 Å². The molecule has 1 amide bonds. The molecule has 0 aliphatic rings. The van der Waals surface area contributed by atoms with Crippen LogP contribution in [0.25, 0.3) is 0 Å². The molecule has 0 aliphatic carbocycles. The highest BCUT2D eigenvalue weighted by molar-refractivity contribution is 9.10. The minimum absolute atomic E-state index is 0.142. The van der Waals surface area contributed by atoms with Crippen molar-refractivity contribution in [2.24, 2.45) is 0 Å². The van der Waals surface area contributed by atoms with Gasteiger partial charge in [-0.2, -0.15) is 0 Å². The predicted octanol–water partition coefficient (Wildman–Crippen LogP) is 1.05. The maximum absolute atomic E-state index is 10.6. The van der Waals surface area contributed by atoms with Crippen molar-refractivity contribution in [2.75, 3.05) is 12.3 Å². The van der Waals surface area contributed by atoms with Crippen LogP contribution in [0.3, 0.4) is 0 Å². The van der Waals surface area contributed by atoms with Gasteiger partial charge >= 0.3 is 6.09 Å². The molecule has 0 saturated heterocycles. The van der Waals surface area contributed by atoms with Gasteiger partial charge in [0.15, 0.2) is 6.29 Å². The van der Waals surface area contributed by atoms with Gasteiger partial charge in [-0.3, -0.25) is 4.79 Å². The van der Waals surface area contributed by atoms with Crippen LogP contribution < -0.4 is 11.1 Å². The Morgan fingerprint density at radius 2 is 2.38 bits per heavy atom. The number of amides is 1. The van der Waals surface area contributed by atoms with Crippen LogP contribution >= 0.6 is 15.9 Å². The van der Waals surface area contributed by atoms with Crippen LogP contribution in [0.5, 0.6) is 0 Å². The lowest BCUT2D eigenvalue weighted by Crippen LogP contribution is -2.23. The number of aldehydes is 1. The van der Waals surface area contributed by atoms with Crippen molar-refractivity contribution in [1.82, 2.24) is 10.3 Å². The fourth-order valence-corrected chi connectivity index (χ4v) is 1.65. The van der Waals surface area contributed by atoms with E-state index in [2.05, 4.69) is 26.2 Å². The summed E-state index contributed by atoms with van der Waals surface area (Å²) in [5, 5.41) is 10.6. The molecular weight excluding hydrogens is 278 g/mol. The molecule has 16 heavy (non-hydrogen) atoms. The fraction of sp³-hybridized carbons (Fsp3) is 0.222. The van der Waals surface area contributed by atoms with Gasteiger partial charge in [0.2, 0.25) is 0 Å². The maximum Gasteiger partial charge on any atom is 0.404 e. The number of hydrogen-bond donors (Lipinski definition) is 3. The Morgan fingerprint density at radius 3 is 2.94 bits per heavy atom. The molecule has 0 spiro atoms. The smallest absolute Gasteiger partial charge is 0.404 e. The fourth-order valence-electron chi connectivity index (χ4n) is 1.11. The van der Waals surface area contributed by atoms with Gasteiger partial charge in [0, 0.05) is 17.4 Å². The van der Waals surface area contributed by atoms with E-state index in [1.165, 1.54) is 0 Å². The first kappa shape index (κ1) is 12.4. The van der Waals surface area contributed by atoms with Gasteiger partial charge in [-0.05, 0) is 22.0 Å². The molecule has 0 radical (unpaired) electrons. The molecule has 0 unspecified atom stereocenters. The van der Waals surface area contributed by atoms with Crippen molar-refractivity contribution in [2.45, 2.75) is 6.42 Å². The molecule has 6 nitrogen and oxygen atoms in total. The SMILES string of the molecule is Nc1nc(CCNC(=O)O)c(Br)cc1C=O. The minimum atomic E-state index is -1.09. The van der Waals surface area contributed by atoms with E-state index in [1.807, 2.05) is 0 Å². The molecule has 4 N–H and O–H groups in total. The Morgan fingerprint density at radius 1 is 1.69 bits per heavy atom. The molecular formula is C9H10BrN3O3. The van der Waals surface area contributed by atoms with E-state index in [0.29, 0.717) is 28.4 Å². The maximum atomic E-state index is 10.6. The van der Waals surface area contributed by atoms with E-state index in [1.54, 1.807) is 6.07 Å². The number of pyridine rings is 1. The second kappa shape index (κ2) is 5.45. The highest BCUT2D eigenvalue weighted by Crippen LogP contribution is 2.19. The van der Waals surface area contributed by atoms with E-state index in [0.717, 1.165) is 0 Å². The van der Waals surface area contributed by atoms with Crippen LogP contribution in [0.2, 0.25) is 0 Å². The third-order valence-corrected chi connectivity index (χ3v) is 2.56. The molecule has 0 aliphatic heterocycles. The van der Waals surface area contributed by atoms with Crippen molar-refractivity contribution in [3.63, 3.8) is 0 Å². The second-order valence-corrected chi connectivity index (χ2v) is 3.85. The normalized spacial score (nSPS) is 9.81. The highest BCUT2D eigenvalue weighted by atomic mass is 79.9. The molecule has 0 atom stereocenters. The number of rotatable bonds is 4. The number of anilines is 1. The molecule has 0 fully saturated rings. The molecule has 1 heterocycles. The number of hydrogen-bond acceptors (Lipinski definition) is 4. The van der Waals surface area contributed by atoms with Gasteiger partial charge in [-0.25, -0.2) is 9.78 Å². The molecule has 0 bridgehead atoms. The zero-order chi connectivity index (χ0) is 12.1. The van der Waals surface area contributed by atoms with E-state index in [4.69, 9.17) is 10.8 Å². The van der Waals surface area contributed by atoms with Crippen LogP contribution in [0.1, 0.15) is 16.1 Å². The van der Waals surface area contributed by atoms with Crippen molar-refractivity contribution >= 4 is 34.1 Å². The summed E-state index contributed by atoms with van der Waals surface area (Å²) in [4.78, 5) is 24.8. The minimum Gasteiger partial charge on any atom is -0.465 e. The second-order valence-electron chi connectivity index (χ2n) is 2.99. The van der Waals surface area contributed by atoms with Gasteiger partial charge < -0.3 is 16.2 Å². The average Bonchev–Trinajstić information content (AvgIpc) is 2.22. The van der Waals surface area contributed by atoms with Gasteiger partial charge in [0.05, 0.1) is 11.3 Å². The summed E-state index contributed by atoms with van der Waals surface area (Å²) in [6.07, 6.45) is -0.0728. The third kappa shape index (κ3) is 3.20. The Hall–Kier alpha value is -1.63. The number of nitrogen functional groups attached to an aromatic ring is 1. The average molecular weight is 288 g/mol. The highest BCUT2D eigenvalue weighted by Gasteiger charge is 2.07. The van der Waals surface area contributed by atoms with Gasteiger partial charge in [0.25, 0.3) is 0 Å². The lowest BCUT2D eigenvalue weighted by molar-refractivity contribution is 0.112. The van der Waals surface area contributed by atoms with E-state index >= 15 is 0 Å². The van der Waals surface area contributed by atoms with Crippen molar-refractivity contribution < 1.29 is 14.7 Å². The molecule has 1 rings (SSSR count). The lowest BCUT2D eigenvalue weighted by Gasteiger charge is -2.06. The summed E-state index contributed by atoms with van der Waals surface area (Å²) >= 11 is 3.24. The standard InChI is InChI=1S/C9H10BrN3O3/c10-6-3-5(4-14)8(11)13-7(6)1-2-12-9(15)16/h3-4,12H,1-2H2,(H2,11,13)(H,15,16). The lowest BCUT2D eigenvalue weighted by atomic mass is 10.2. The predicted molar refractivity (Wildman–Crippen MR) is 61.5 cm³/mol. The van der Waals surface area contributed by atoms with Crippen LogP contribution in [-0.4, -0.2) is 29.0 Å². The topological polar surface area (TPSA) is 105 Å². The van der Waals surface area contributed by atoms with Crippen molar-refractivity contribution in [1.29, 1.82) is 0 Å². The summed E-state index contributed by atoms with van der Waals surface area (Å²) < 4.78 is 0.635. The zero-order valence-corrected chi connectivity index (χ0v) is 9.82. The summed E-state index contributed by atoms with van der Waals surface area (Å²) in [5.74, 6) is 0.142. The first-order valence-corrected chi connectivity index (χ1v) is 5.20. The zero-order valence-electron chi connectivity index (χ0n) is 8.24. The number of nitrogens with zero attached hydrogens (tertiary/aromatic N) is 1. The summed E-state index contributed by atoms with van der Waals surface area (Å²) in [7, 11) is 0. The van der Waals surface area contributed by atoms with Crippen molar-refractivity contribution in [3.8, 4) is 0 Å². The first-order chi connectivity index (χ1) is 7.54. The van der Waals surface area contributed by atoms with Crippen molar-refractivity contribution in [3.05, 3.63) is 21.8 Å². The number of carboxylic acid groups (broad SMARTS) is 1. The summed E-state index contributed by atoms with van der Waals surface area (Å²) in [5.41, 5.74) is 6.45. The Labute approximate surface area is 100.0 Å². The number of aromatic nitrogens is 1. The Balaban J connectivity index is 2.77. The summed E-state index contributed by atoms with van der Waals surface area (Å²) in [6, 6.07) is 1.56. The summed E-state index contributed by atoms with van der Waals surface area (Å²) in [6.45, 7) is 0.237. The molecule has 7 heteroatoms. The number of carbonyl (C=O) groups is 2. The Bertz CT molecular complexity index is 423. The number of nitrogens with one attached hydrogen (secondary N) is 1. The van der Waals surface area contributed by atoms with Gasteiger partial charge in [0.1, 0.15) is 5.82 Å². The first-order valence-electron chi connectivity index (χ1n) is 4.41. The van der Waals surface area contributed by atoms with Crippen LogP contribution in [-0.2, 0) is 6.42 Å². The Kier molecular flexibility index (Phi) is 4.24. The van der Waals surface area contributed by atoms with Gasteiger partial charge in [-0.1, -0.05) is 0 Å². The molecule has 0 saturated carbocycles. The van der Waals surface area contributed by atoms with Crippen LogP contribution in [0.4, 0.5) is 10.6 Å². The molecule has 1 aromatic heterocycles. The monoisotopic (exact) mass is 287 g/mol. The number of nitrogens with two attached hydrogens (primary N) is 1. The van der Waals surface area contributed by atoms with E-state index < -0.39 is 6.09 Å². The van der Waals surface area contributed by atoms with E-state index in [9.17, 15) is 9.59 Å². The molecule has 86 valence electrons. The molecule has 1 aromatic rings. The quantitative estimate of drug-likeness (QED) is 0.718. The molecule has 0 aromatic carbocycles. The number of carbonyl (C=O) groups excluding carboxylic acids is 1. The van der Waals surface area contributed by atoms with E-state index in [-0.39, 0.29) is 12.4 Å². The third-order valence-electron chi connectivity index (χ3n) is 1.87. The number of halogens is 1.